The standard InChI is InChI=1S/C25H41N3O3S/c1-22-14-20-27(21-15-22)17-7-4-16-26-25(29)13-10-23-8-11-24(12-9-23)32(30,31)28-18-5-2-3-6-19-28/h8-9,11-12,22H,2-7,10,13-21H2,1H3,(H,26,29). The van der Waals surface area contributed by atoms with Gasteiger partial charge in [-0.15, -0.1) is 0 Å². The second-order valence-corrected chi connectivity index (χ2v) is 11.5. The summed E-state index contributed by atoms with van der Waals surface area (Å²) >= 11 is 0. The van der Waals surface area contributed by atoms with Crippen LogP contribution in [0, 0.1) is 5.92 Å². The largest absolute Gasteiger partial charge is 0.356 e. The first kappa shape index (κ1) is 25.2. The van der Waals surface area contributed by atoms with E-state index in [0.29, 0.717) is 30.8 Å². The molecule has 0 aromatic heterocycles. The van der Waals surface area contributed by atoms with E-state index in [2.05, 4.69) is 17.1 Å². The van der Waals surface area contributed by atoms with Crippen LogP contribution in [-0.2, 0) is 21.2 Å². The maximum absolute atomic E-state index is 12.9. The molecule has 0 unspecified atom stereocenters. The maximum Gasteiger partial charge on any atom is 0.243 e. The lowest BCUT2D eigenvalue weighted by Crippen LogP contribution is -2.34. The number of nitrogens with one attached hydrogen (secondary N) is 1. The first-order valence-corrected chi connectivity index (χ1v) is 14.0. The molecule has 0 radical (unpaired) electrons. The molecule has 0 saturated carbocycles. The van der Waals surface area contributed by atoms with E-state index < -0.39 is 10.0 Å². The fourth-order valence-corrected chi connectivity index (χ4v) is 6.10. The molecule has 2 saturated heterocycles. The van der Waals surface area contributed by atoms with Crippen LogP contribution in [0.3, 0.4) is 0 Å². The number of sulfonamides is 1. The molecule has 6 nitrogen and oxygen atoms in total. The Morgan fingerprint density at radius 3 is 2.28 bits per heavy atom. The second-order valence-electron chi connectivity index (χ2n) is 9.54. The van der Waals surface area contributed by atoms with E-state index in [1.165, 1.54) is 25.9 Å². The molecular formula is C25H41N3O3S. The maximum atomic E-state index is 12.9. The summed E-state index contributed by atoms with van der Waals surface area (Å²) in [5, 5.41) is 3.02. The number of carbonyl (C=O) groups excluding carboxylic acids is 1. The Hall–Kier alpha value is -1.44. The number of hydrogen-bond donors (Lipinski definition) is 1. The summed E-state index contributed by atoms with van der Waals surface area (Å²) in [5.41, 5.74) is 0.995. The van der Waals surface area contributed by atoms with Gasteiger partial charge in [-0.2, -0.15) is 4.31 Å². The Bertz CT molecular complexity index is 794. The Morgan fingerprint density at radius 2 is 1.62 bits per heavy atom. The van der Waals surface area contributed by atoms with E-state index in [1.54, 1.807) is 16.4 Å². The van der Waals surface area contributed by atoms with Crippen molar-refractivity contribution in [3.05, 3.63) is 29.8 Å². The predicted octanol–water partition coefficient (Wildman–Crippen LogP) is 3.81. The van der Waals surface area contributed by atoms with Crippen molar-refractivity contribution in [3.63, 3.8) is 0 Å². The molecule has 180 valence electrons. The fourth-order valence-electron chi connectivity index (χ4n) is 4.58. The van der Waals surface area contributed by atoms with Crippen LogP contribution < -0.4 is 5.32 Å². The lowest BCUT2D eigenvalue weighted by molar-refractivity contribution is -0.121. The second kappa shape index (κ2) is 12.7. The summed E-state index contributed by atoms with van der Waals surface area (Å²) in [7, 11) is -3.41. The third-order valence-corrected chi connectivity index (χ3v) is 8.78. The third-order valence-electron chi connectivity index (χ3n) is 6.87. The van der Waals surface area contributed by atoms with Gasteiger partial charge in [0.15, 0.2) is 0 Å². The van der Waals surface area contributed by atoms with Crippen LogP contribution in [0.25, 0.3) is 0 Å². The van der Waals surface area contributed by atoms with Crippen molar-refractivity contribution in [2.75, 3.05) is 39.3 Å². The van der Waals surface area contributed by atoms with Gasteiger partial charge in [-0.3, -0.25) is 4.79 Å². The monoisotopic (exact) mass is 463 g/mol. The van der Waals surface area contributed by atoms with Gasteiger partial charge < -0.3 is 10.2 Å². The normalized spacial score (nSPS) is 19.5. The number of nitrogens with zero attached hydrogens (tertiary/aromatic N) is 2. The minimum absolute atomic E-state index is 0.0677. The third kappa shape index (κ3) is 7.85. The van der Waals surface area contributed by atoms with Crippen molar-refractivity contribution in [1.29, 1.82) is 0 Å². The van der Waals surface area contributed by atoms with E-state index in [4.69, 9.17) is 0 Å². The minimum atomic E-state index is -3.41. The molecule has 1 aromatic rings. The molecule has 7 heteroatoms. The van der Waals surface area contributed by atoms with Crippen molar-refractivity contribution in [1.82, 2.24) is 14.5 Å². The first-order valence-electron chi connectivity index (χ1n) is 12.5. The van der Waals surface area contributed by atoms with E-state index in [9.17, 15) is 13.2 Å². The zero-order chi connectivity index (χ0) is 22.8. The summed E-state index contributed by atoms with van der Waals surface area (Å²) in [6.07, 6.45) is 9.89. The lowest BCUT2D eigenvalue weighted by atomic mass is 9.99. The zero-order valence-corrected chi connectivity index (χ0v) is 20.5. The molecule has 0 bridgehead atoms. The molecule has 2 aliphatic rings. The molecule has 0 atom stereocenters. The number of carbonyl (C=O) groups is 1. The molecule has 3 rings (SSSR count). The van der Waals surface area contributed by atoms with E-state index in [0.717, 1.165) is 63.1 Å². The van der Waals surface area contributed by atoms with E-state index >= 15 is 0 Å². The number of piperidine rings is 1. The van der Waals surface area contributed by atoms with Gasteiger partial charge in [0.1, 0.15) is 0 Å². The van der Waals surface area contributed by atoms with Crippen molar-refractivity contribution in [2.24, 2.45) is 5.92 Å². The molecule has 2 aliphatic heterocycles. The SMILES string of the molecule is CC1CCN(CCCCNC(=O)CCc2ccc(S(=O)(=O)N3CCCCCC3)cc2)CC1. The van der Waals surface area contributed by atoms with E-state index in [1.807, 2.05) is 12.1 Å². The van der Waals surface area contributed by atoms with Crippen molar-refractivity contribution < 1.29 is 13.2 Å². The Kier molecular flexibility index (Phi) is 10.0. The lowest BCUT2D eigenvalue weighted by Gasteiger charge is -2.30. The quantitative estimate of drug-likeness (QED) is 0.536. The molecule has 1 amide bonds. The van der Waals surface area contributed by atoms with Crippen LogP contribution in [0.2, 0.25) is 0 Å². The number of likely N-dealkylation sites (tertiary alicyclic amines) is 1. The molecule has 2 fully saturated rings. The smallest absolute Gasteiger partial charge is 0.243 e. The van der Waals surface area contributed by atoms with E-state index in [-0.39, 0.29) is 5.91 Å². The van der Waals surface area contributed by atoms with Crippen LogP contribution in [-0.4, -0.2) is 62.8 Å². The Balaban J connectivity index is 1.33. The molecular weight excluding hydrogens is 422 g/mol. The van der Waals surface area contributed by atoms with Crippen LogP contribution in [0.5, 0.6) is 0 Å². The number of benzene rings is 1. The highest BCUT2D eigenvalue weighted by atomic mass is 32.2. The summed E-state index contributed by atoms with van der Waals surface area (Å²) < 4.78 is 27.3. The number of unbranched alkanes of at least 4 members (excludes halogenated alkanes) is 1. The van der Waals surface area contributed by atoms with Gasteiger partial charge >= 0.3 is 0 Å². The van der Waals surface area contributed by atoms with Crippen LogP contribution in [0.4, 0.5) is 0 Å². The molecule has 1 aromatic carbocycles. The number of amides is 1. The summed E-state index contributed by atoms with van der Waals surface area (Å²) in [6.45, 7) is 7.85. The summed E-state index contributed by atoms with van der Waals surface area (Å²) in [5.74, 6) is 0.934. The summed E-state index contributed by atoms with van der Waals surface area (Å²) in [6, 6.07) is 7.07. The van der Waals surface area contributed by atoms with Gasteiger partial charge in [-0.1, -0.05) is 31.9 Å². The number of aryl methyl sites for hydroxylation is 1. The highest BCUT2D eigenvalue weighted by molar-refractivity contribution is 7.89. The van der Waals surface area contributed by atoms with Gasteiger partial charge in [0.05, 0.1) is 4.90 Å². The van der Waals surface area contributed by atoms with Gasteiger partial charge in [-0.05, 0) is 88.2 Å². The predicted molar refractivity (Wildman–Crippen MR) is 129 cm³/mol. The molecule has 32 heavy (non-hydrogen) atoms. The Labute approximate surface area is 194 Å². The first-order chi connectivity index (χ1) is 15.4. The average Bonchev–Trinajstić information content (AvgIpc) is 3.09. The fraction of sp³-hybridized carbons (Fsp3) is 0.720. The highest BCUT2D eigenvalue weighted by Crippen LogP contribution is 2.21. The number of hydrogen-bond acceptors (Lipinski definition) is 4. The molecule has 0 spiro atoms. The Morgan fingerprint density at radius 1 is 0.969 bits per heavy atom. The van der Waals surface area contributed by atoms with Gasteiger partial charge in [0.2, 0.25) is 15.9 Å². The van der Waals surface area contributed by atoms with Gasteiger partial charge in [-0.25, -0.2) is 8.42 Å². The van der Waals surface area contributed by atoms with Crippen LogP contribution in [0.1, 0.15) is 70.3 Å². The van der Waals surface area contributed by atoms with Gasteiger partial charge in [0.25, 0.3) is 0 Å². The molecule has 2 heterocycles. The van der Waals surface area contributed by atoms with Crippen molar-refractivity contribution >= 4 is 15.9 Å². The van der Waals surface area contributed by atoms with Crippen LogP contribution in [0.15, 0.2) is 29.2 Å². The average molecular weight is 464 g/mol. The molecule has 0 aliphatic carbocycles. The minimum Gasteiger partial charge on any atom is -0.356 e. The number of rotatable bonds is 10. The molecule has 1 N–H and O–H groups in total. The van der Waals surface area contributed by atoms with Crippen LogP contribution >= 0.6 is 0 Å². The summed E-state index contributed by atoms with van der Waals surface area (Å²) in [4.78, 5) is 15.1. The van der Waals surface area contributed by atoms with Gasteiger partial charge in [0, 0.05) is 26.1 Å². The van der Waals surface area contributed by atoms with Crippen molar-refractivity contribution in [3.8, 4) is 0 Å². The topological polar surface area (TPSA) is 69.7 Å². The zero-order valence-electron chi connectivity index (χ0n) is 19.7. The van der Waals surface area contributed by atoms with Crippen molar-refractivity contribution in [2.45, 2.75) is 76.0 Å². The highest BCUT2D eigenvalue weighted by Gasteiger charge is 2.24.